The number of amides is 1. The highest BCUT2D eigenvalue weighted by molar-refractivity contribution is 6.43. The first-order valence-corrected chi connectivity index (χ1v) is 8.33. The highest BCUT2D eigenvalue weighted by atomic mass is 35.5. The normalized spacial score (nSPS) is 11.2. The van der Waals surface area contributed by atoms with Crippen LogP contribution in [-0.4, -0.2) is 23.7 Å². The molecule has 3 aromatic rings. The van der Waals surface area contributed by atoms with E-state index in [1.165, 1.54) is 12.1 Å². The molecule has 0 aliphatic rings. The van der Waals surface area contributed by atoms with Crippen LogP contribution in [0.2, 0.25) is 15.1 Å². The number of aromatic amines is 1. The Balaban J connectivity index is 1.57. The van der Waals surface area contributed by atoms with Gasteiger partial charge in [0.1, 0.15) is 5.75 Å². The van der Waals surface area contributed by atoms with Crippen molar-refractivity contribution in [3.8, 4) is 5.75 Å². The Morgan fingerprint density at radius 2 is 1.92 bits per heavy atom. The number of fused-ring (bicyclic) bond motifs is 1. The molecule has 3 rings (SSSR count). The number of hydrazone groups is 1. The summed E-state index contributed by atoms with van der Waals surface area (Å²) in [5.41, 5.74) is 4.25. The Hall–Kier alpha value is -2.21. The van der Waals surface area contributed by atoms with Crippen LogP contribution in [0.1, 0.15) is 5.56 Å². The number of carbonyl (C=O) groups is 1. The lowest BCUT2D eigenvalue weighted by atomic mass is 10.2. The number of hydrogen-bond acceptors (Lipinski definition) is 3. The molecule has 5 nitrogen and oxygen atoms in total. The number of ether oxygens (including phenoxy) is 1. The van der Waals surface area contributed by atoms with Gasteiger partial charge in [-0.05, 0) is 12.1 Å². The molecular formula is C17H12Cl3N3O2. The van der Waals surface area contributed by atoms with Gasteiger partial charge in [0, 0.05) is 28.7 Å². The molecule has 8 heteroatoms. The highest BCUT2D eigenvalue weighted by Gasteiger charge is 2.09. The Bertz CT molecular complexity index is 953. The van der Waals surface area contributed by atoms with Gasteiger partial charge in [0.05, 0.1) is 21.3 Å². The van der Waals surface area contributed by atoms with E-state index in [0.29, 0.717) is 10.0 Å². The second kappa shape index (κ2) is 7.78. The monoisotopic (exact) mass is 395 g/mol. The molecule has 0 radical (unpaired) electrons. The van der Waals surface area contributed by atoms with Crippen LogP contribution in [0.4, 0.5) is 0 Å². The van der Waals surface area contributed by atoms with Crippen LogP contribution in [-0.2, 0) is 4.79 Å². The fraction of sp³-hybridized carbons (Fsp3) is 0.0588. The van der Waals surface area contributed by atoms with Gasteiger partial charge in [-0.3, -0.25) is 4.79 Å². The van der Waals surface area contributed by atoms with Crippen molar-refractivity contribution in [3.05, 3.63) is 63.2 Å². The van der Waals surface area contributed by atoms with Crippen molar-refractivity contribution in [3.63, 3.8) is 0 Å². The third-order valence-electron chi connectivity index (χ3n) is 3.35. The first-order chi connectivity index (χ1) is 12.0. The predicted molar refractivity (Wildman–Crippen MR) is 101 cm³/mol. The Morgan fingerprint density at radius 1 is 1.16 bits per heavy atom. The first kappa shape index (κ1) is 17.6. The minimum Gasteiger partial charge on any atom is -0.482 e. The molecule has 2 N–H and O–H groups in total. The van der Waals surface area contributed by atoms with Crippen LogP contribution in [0.3, 0.4) is 0 Å². The van der Waals surface area contributed by atoms with E-state index in [1.54, 1.807) is 6.21 Å². The number of aromatic nitrogens is 1. The minimum absolute atomic E-state index is 0.261. The summed E-state index contributed by atoms with van der Waals surface area (Å²) < 4.78 is 5.33. The molecule has 0 spiro atoms. The number of carbonyl (C=O) groups excluding carboxylic acids is 1. The Morgan fingerprint density at radius 3 is 2.76 bits per heavy atom. The van der Waals surface area contributed by atoms with Crippen LogP contribution in [0.15, 0.2) is 47.7 Å². The molecule has 25 heavy (non-hydrogen) atoms. The molecule has 0 saturated heterocycles. The lowest BCUT2D eigenvalue weighted by Gasteiger charge is -2.08. The number of nitrogens with zero attached hydrogens (tertiary/aromatic N) is 1. The topological polar surface area (TPSA) is 66.5 Å². The summed E-state index contributed by atoms with van der Waals surface area (Å²) in [5.74, 6) is -0.162. The molecule has 1 amide bonds. The van der Waals surface area contributed by atoms with Gasteiger partial charge >= 0.3 is 0 Å². The van der Waals surface area contributed by atoms with E-state index in [1.807, 2.05) is 30.5 Å². The number of para-hydroxylation sites is 1. The Labute approximate surface area is 158 Å². The zero-order valence-electron chi connectivity index (χ0n) is 12.7. The lowest BCUT2D eigenvalue weighted by Crippen LogP contribution is -2.24. The van der Waals surface area contributed by atoms with Gasteiger partial charge < -0.3 is 9.72 Å². The summed E-state index contributed by atoms with van der Waals surface area (Å²) in [6, 6.07) is 10.7. The Kier molecular flexibility index (Phi) is 5.48. The summed E-state index contributed by atoms with van der Waals surface area (Å²) in [6.07, 6.45) is 3.37. The maximum absolute atomic E-state index is 11.8. The van der Waals surface area contributed by atoms with Crippen LogP contribution in [0.25, 0.3) is 10.9 Å². The van der Waals surface area contributed by atoms with E-state index < -0.39 is 5.91 Å². The molecule has 2 aromatic carbocycles. The molecule has 0 fully saturated rings. The smallest absolute Gasteiger partial charge is 0.277 e. The van der Waals surface area contributed by atoms with Gasteiger partial charge in [-0.1, -0.05) is 53.0 Å². The van der Waals surface area contributed by atoms with E-state index in [4.69, 9.17) is 39.5 Å². The quantitative estimate of drug-likeness (QED) is 0.374. The highest BCUT2D eigenvalue weighted by Crippen LogP contribution is 2.33. The average molecular weight is 397 g/mol. The number of halogens is 3. The van der Waals surface area contributed by atoms with Crippen molar-refractivity contribution in [2.45, 2.75) is 0 Å². The molecule has 128 valence electrons. The van der Waals surface area contributed by atoms with Crippen molar-refractivity contribution in [2.24, 2.45) is 5.10 Å². The number of H-pyrrole nitrogens is 1. The first-order valence-electron chi connectivity index (χ1n) is 7.20. The molecule has 0 atom stereocenters. The van der Waals surface area contributed by atoms with Gasteiger partial charge in [-0.25, -0.2) is 5.43 Å². The predicted octanol–water partition coefficient (Wildman–Crippen LogP) is 4.66. The summed E-state index contributed by atoms with van der Waals surface area (Å²) in [4.78, 5) is 14.9. The maximum Gasteiger partial charge on any atom is 0.277 e. The fourth-order valence-electron chi connectivity index (χ4n) is 2.17. The van der Waals surface area contributed by atoms with Gasteiger partial charge in [0.15, 0.2) is 6.61 Å². The molecular weight excluding hydrogens is 385 g/mol. The minimum atomic E-state index is -0.432. The summed E-state index contributed by atoms with van der Waals surface area (Å²) in [6.45, 7) is -0.261. The van der Waals surface area contributed by atoms with Gasteiger partial charge in [0.25, 0.3) is 5.91 Å². The van der Waals surface area contributed by atoms with Gasteiger partial charge in [-0.15, -0.1) is 0 Å². The van der Waals surface area contributed by atoms with Crippen molar-refractivity contribution in [1.29, 1.82) is 0 Å². The second-order valence-corrected chi connectivity index (χ2v) is 6.29. The largest absolute Gasteiger partial charge is 0.482 e. The standard InChI is InChI=1S/C17H12Cl3N3O2/c18-12-5-14(20)16(6-13(12)19)25-9-17(24)23-22-8-10-7-21-15-4-2-1-3-11(10)15/h1-8,21H,9H2,(H,23,24). The molecule has 1 aromatic heterocycles. The summed E-state index contributed by atoms with van der Waals surface area (Å²) >= 11 is 17.7. The van der Waals surface area contributed by atoms with E-state index >= 15 is 0 Å². The molecule has 0 aliphatic heterocycles. The van der Waals surface area contributed by atoms with Crippen LogP contribution in [0, 0.1) is 0 Å². The van der Waals surface area contributed by atoms with Gasteiger partial charge in [0.2, 0.25) is 0 Å². The van der Waals surface area contributed by atoms with E-state index in [2.05, 4.69) is 15.5 Å². The van der Waals surface area contributed by atoms with E-state index in [-0.39, 0.29) is 17.4 Å². The third kappa shape index (κ3) is 4.25. The number of hydrogen-bond donors (Lipinski definition) is 2. The van der Waals surface area contributed by atoms with Crippen LogP contribution in [0.5, 0.6) is 5.75 Å². The van der Waals surface area contributed by atoms with Crippen LogP contribution < -0.4 is 10.2 Å². The SMILES string of the molecule is O=C(COc1cc(Cl)c(Cl)cc1Cl)NN=Cc1c[nH]c2ccccc12. The molecule has 0 unspecified atom stereocenters. The zero-order valence-corrected chi connectivity index (χ0v) is 15.0. The van der Waals surface area contributed by atoms with E-state index in [9.17, 15) is 4.79 Å². The molecule has 0 bridgehead atoms. The molecule has 1 heterocycles. The summed E-state index contributed by atoms with van der Waals surface area (Å²) in [7, 11) is 0. The average Bonchev–Trinajstić information content (AvgIpc) is 3.00. The van der Waals surface area contributed by atoms with Crippen LogP contribution >= 0.6 is 34.8 Å². The van der Waals surface area contributed by atoms with Gasteiger partial charge in [-0.2, -0.15) is 5.10 Å². The van der Waals surface area contributed by atoms with Crippen molar-refractivity contribution >= 4 is 57.8 Å². The summed E-state index contributed by atoms with van der Waals surface area (Å²) in [5, 5.41) is 5.81. The molecule has 0 aliphatic carbocycles. The van der Waals surface area contributed by atoms with E-state index in [0.717, 1.165) is 16.5 Å². The second-order valence-electron chi connectivity index (χ2n) is 5.07. The molecule has 0 saturated carbocycles. The third-order valence-corrected chi connectivity index (χ3v) is 4.37. The number of rotatable bonds is 5. The lowest BCUT2D eigenvalue weighted by molar-refractivity contribution is -0.123. The van der Waals surface area contributed by atoms with Crippen molar-refractivity contribution < 1.29 is 9.53 Å². The zero-order chi connectivity index (χ0) is 17.8. The maximum atomic E-state index is 11.8. The fourth-order valence-corrected chi connectivity index (χ4v) is 2.76. The number of benzene rings is 2. The number of nitrogens with one attached hydrogen (secondary N) is 2. The van der Waals surface area contributed by atoms with Crippen molar-refractivity contribution in [2.75, 3.05) is 6.61 Å². The van der Waals surface area contributed by atoms with Crippen molar-refractivity contribution in [1.82, 2.24) is 10.4 Å².